The summed E-state index contributed by atoms with van der Waals surface area (Å²) in [5.41, 5.74) is 0.638. The van der Waals surface area contributed by atoms with E-state index in [-0.39, 0.29) is 11.4 Å². The first-order valence-electron chi connectivity index (χ1n) is 8.51. The number of carbonyl (C=O) groups is 1. The lowest BCUT2D eigenvalue weighted by molar-refractivity contribution is -0.384. The Bertz CT molecular complexity index is 944. The van der Waals surface area contributed by atoms with Crippen LogP contribution in [0.1, 0.15) is 48.2 Å². The maximum Gasteiger partial charge on any atom is 0.293 e. The third-order valence-corrected chi connectivity index (χ3v) is 5.19. The van der Waals surface area contributed by atoms with E-state index in [9.17, 15) is 14.9 Å². The summed E-state index contributed by atoms with van der Waals surface area (Å²) < 4.78 is 5.58. The zero-order chi connectivity index (χ0) is 19.4. The Morgan fingerprint density at radius 3 is 2.52 bits per heavy atom. The molecule has 0 bridgehead atoms. The zero-order valence-corrected chi connectivity index (χ0v) is 15.7. The molecule has 1 aromatic carbocycles. The van der Waals surface area contributed by atoms with Crippen molar-refractivity contribution >= 4 is 28.1 Å². The van der Waals surface area contributed by atoms with Crippen molar-refractivity contribution in [3.8, 4) is 11.3 Å². The number of nitro benzene ring substituents is 1. The highest BCUT2D eigenvalue weighted by atomic mass is 32.1. The lowest BCUT2D eigenvalue weighted by Crippen LogP contribution is -2.10. The minimum Gasteiger partial charge on any atom is -0.451 e. The zero-order valence-electron chi connectivity index (χ0n) is 14.8. The summed E-state index contributed by atoms with van der Waals surface area (Å²) in [5.74, 6) is 0.494. The van der Waals surface area contributed by atoms with Crippen LogP contribution >= 0.6 is 11.3 Å². The molecule has 0 aliphatic carbocycles. The number of aromatic nitrogens is 2. The molecule has 0 fully saturated rings. The molecule has 9 heteroatoms. The van der Waals surface area contributed by atoms with Gasteiger partial charge in [0.2, 0.25) is 5.13 Å². The Labute approximate surface area is 159 Å². The number of carbonyl (C=O) groups excluding carboxylic acids is 1. The smallest absolute Gasteiger partial charge is 0.293 e. The quantitative estimate of drug-likeness (QED) is 0.458. The van der Waals surface area contributed by atoms with E-state index in [4.69, 9.17) is 4.42 Å². The number of benzene rings is 1. The van der Waals surface area contributed by atoms with Crippen LogP contribution in [0.25, 0.3) is 11.3 Å². The van der Waals surface area contributed by atoms with Gasteiger partial charge in [-0.15, -0.1) is 10.2 Å². The summed E-state index contributed by atoms with van der Waals surface area (Å²) in [7, 11) is 0. The molecular weight excluding hydrogens is 368 g/mol. The monoisotopic (exact) mass is 386 g/mol. The summed E-state index contributed by atoms with van der Waals surface area (Å²) in [5, 5.41) is 22.9. The molecule has 140 valence electrons. The van der Waals surface area contributed by atoms with E-state index >= 15 is 0 Å². The van der Waals surface area contributed by atoms with Crippen LogP contribution in [0, 0.1) is 10.1 Å². The molecule has 0 atom stereocenters. The molecule has 0 aliphatic heterocycles. The van der Waals surface area contributed by atoms with Gasteiger partial charge in [-0.05, 0) is 37.1 Å². The number of amides is 1. The van der Waals surface area contributed by atoms with Crippen LogP contribution in [0.5, 0.6) is 0 Å². The van der Waals surface area contributed by atoms with Gasteiger partial charge in [-0.25, -0.2) is 0 Å². The molecular formula is C18H18N4O4S. The van der Waals surface area contributed by atoms with Crippen molar-refractivity contribution in [3.63, 3.8) is 0 Å². The molecule has 2 heterocycles. The number of nitrogens with zero attached hydrogens (tertiary/aromatic N) is 3. The number of nitrogens with one attached hydrogen (secondary N) is 1. The molecule has 27 heavy (non-hydrogen) atoms. The summed E-state index contributed by atoms with van der Waals surface area (Å²) in [6, 6.07) is 9.12. The van der Waals surface area contributed by atoms with E-state index in [1.54, 1.807) is 24.3 Å². The lowest BCUT2D eigenvalue weighted by atomic mass is 10.1. The third kappa shape index (κ3) is 4.20. The fourth-order valence-corrected chi connectivity index (χ4v) is 3.61. The normalized spacial score (nSPS) is 10.9. The maximum absolute atomic E-state index is 12.4. The molecule has 0 spiro atoms. The van der Waals surface area contributed by atoms with Crippen LogP contribution in [0.4, 0.5) is 10.8 Å². The predicted octanol–water partition coefficient (Wildman–Crippen LogP) is 4.86. The van der Waals surface area contributed by atoms with Crippen LogP contribution in [0.3, 0.4) is 0 Å². The van der Waals surface area contributed by atoms with Gasteiger partial charge < -0.3 is 4.42 Å². The molecule has 0 saturated heterocycles. The van der Waals surface area contributed by atoms with Crippen molar-refractivity contribution in [1.29, 1.82) is 0 Å². The first-order chi connectivity index (χ1) is 13.0. The standard InChI is InChI=1S/C18H18N4O4S/c1-3-11(4-2)17-20-21-18(27-17)19-16(23)15-10-9-14(26-15)12-5-7-13(8-6-12)22(24)25/h5-11H,3-4H2,1-2H3,(H,19,21,23). The highest BCUT2D eigenvalue weighted by molar-refractivity contribution is 7.15. The van der Waals surface area contributed by atoms with Gasteiger partial charge in [-0.3, -0.25) is 20.2 Å². The SMILES string of the molecule is CCC(CC)c1nnc(NC(=O)c2ccc(-c3ccc([N+](=O)[O-])cc3)o2)s1. The van der Waals surface area contributed by atoms with E-state index in [1.165, 1.54) is 23.5 Å². The molecule has 8 nitrogen and oxygen atoms in total. The van der Waals surface area contributed by atoms with Crippen molar-refractivity contribution in [2.24, 2.45) is 0 Å². The average Bonchev–Trinajstić information content (AvgIpc) is 3.33. The predicted molar refractivity (Wildman–Crippen MR) is 102 cm³/mol. The van der Waals surface area contributed by atoms with E-state index < -0.39 is 10.8 Å². The summed E-state index contributed by atoms with van der Waals surface area (Å²) in [4.78, 5) is 22.6. The summed E-state index contributed by atoms with van der Waals surface area (Å²) in [6.07, 6.45) is 1.94. The fraction of sp³-hybridized carbons (Fsp3) is 0.278. The van der Waals surface area contributed by atoms with Crippen molar-refractivity contribution in [2.75, 3.05) is 5.32 Å². The number of hydrogen-bond donors (Lipinski definition) is 1. The minimum atomic E-state index is -0.469. The number of hydrogen-bond acceptors (Lipinski definition) is 7. The summed E-state index contributed by atoms with van der Waals surface area (Å²) >= 11 is 1.36. The lowest BCUT2D eigenvalue weighted by Gasteiger charge is -2.05. The Hall–Kier alpha value is -3.07. The second kappa shape index (κ2) is 8.09. The maximum atomic E-state index is 12.4. The highest BCUT2D eigenvalue weighted by Crippen LogP contribution is 2.29. The van der Waals surface area contributed by atoms with Crippen LogP contribution in [-0.2, 0) is 0 Å². The molecule has 2 aromatic heterocycles. The van der Waals surface area contributed by atoms with Crippen molar-refractivity contribution in [1.82, 2.24) is 10.2 Å². The highest BCUT2D eigenvalue weighted by Gasteiger charge is 2.17. The fourth-order valence-electron chi connectivity index (χ4n) is 2.61. The van der Waals surface area contributed by atoms with Crippen LogP contribution in [0.2, 0.25) is 0 Å². The van der Waals surface area contributed by atoms with Crippen molar-refractivity contribution in [3.05, 3.63) is 57.3 Å². The van der Waals surface area contributed by atoms with E-state index in [2.05, 4.69) is 29.4 Å². The Kier molecular flexibility index (Phi) is 5.60. The molecule has 0 unspecified atom stereocenters. The van der Waals surface area contributed by atoms with E-state index in [0.717, 1.165) is 17.8 Å². The van der Waals surface area contributed by atoms with E-state index in [1.807, 2.05) is 0 Å². The number of furan rings is 1. The van der Waals surface area contributed by atoms with Gasteiger partial charge in [0.05, 0.1) is 4.92 Å². The minimum absolute atomic E-state index is 0.00666. The largest absolute Gasteiger partial charge is 0.451 e. The Morgan fingerprint density at radius 2 is 1.89 bits per heavy atom. The molecule has 3 aromatic rings. The Morgan fingerprint density at radius 1 is 1.19 bits per heavy atom. The van der Waals surface area contributed by atoms with Gasteiger partial charge >= 0.3 is 0 Å². The van der Waals surface area contributed by atoms with Gasteiger partial charge in [0.1, 0.15) is 10.8 Å². The van der Waals surface area contributed by atoms with Crippen LogP contribution < -0.4 is 5.32 Å². The molecule has 0 saturated carbocycles. The molecule has 3 rings (SSSR count). The van der Waals surface area contributed by atoms with Crippen LogP contribution in [0.15, 0.2) is 40.8 Å². The van der Waals surface area contributed by atoms with E-state index in [0.29, 0.717) is 22.4 Å². The third-order valence-electron chi connectivity index (χ3n) is 4.19. The van der Waals surface area contributed by atoms with Gasteiger partial charge in [0, 0.05) is 23.6 Å². The second-order valence-electron chi connectivity index (χ2n) is 5.88. The number of non-ortho nitro benzene ring substituents is 1. The average molecular weight is 386 g/mol. The van der Waals surface area contributed by atoms with Gasteiger partial charge in [0.15, 0.2) is 5.76 Å². The molecule has 1 N–H and O–H groups in total. The first-order valence-corrected chi connectivity index (χ1v) is 9.32. The van der Waals surface area contributed by atoms with Gasteiger partial charge in [0.25, 0.3) is 11.6 Å². The number of anilines is 1. The molecule has 0 aliphatic rings. The van der Waals surface area contributed by atoms with Gasteiger partial charge in [-0.2, -0.15) is 0 Å². The first kappa shape index (κ1) is 18.7. The van der Waals surface area contributed by atoms with Crippen molar-refractivity contribution in [2.45, 2.75) is 32.6 Å². The van der Waals surface area contributed by atoms with Crippen LogP contribution in [-0.4, -0.2) is 21.0 Å². The molecule has 0 radical (unpaired) electrons. The second-order valence-corrected chi connectivity index (χ2v) is 6.89. The van der Waals surface area contributed by atoms with Crippen molar-refractivity contribution < 1.29 is 14.1 Å². The molecule has 1 amide bonds. The Balaban J connectivity index is 1.71. The number of nitro groups is 1. The number of rotatable bonds is 7. The van der Waals surface area contributed by atoms with Gasteiger partial charge in [-0.1, -0.05) is 25.2 Å². The topological polar surface area (TPSA) is 111 Å². The summed E-state index contributed by atoms with van der Waals surface area (Å²) in [6.45, 7) is 4.19.